The van der Waals surface area contributed by atoms with Gasteiger partial charge in [-0.2, -0.15) is 0 Å². The summed E-state index contributed by atoms with van der Waals surface area (Å²) in [5.74, 6) is -0.185. The first-order valence-corrected chi connectivity index (χ1v) is 4.82. The van der Waals surface area contributed by atoms with Crippen LogP contribution in [0.1, 0.15) is 25.7 Å². The lowest BCUT2D eigenvalue weighted by atomic mass is 9.92. The fourth-order valence-corrected chi connectivity index (χ4v) is 2.16. The fourth-order valence-electron chi connectivity index (χ4n) is 2.16. The highest BCUT2D eigenvalue weighted by Gasteiger charge is 2.35. The molecular formula is C10H15FN2. The van der Waals surface area contributed by atoms with E-state index in [1.165, 1.54) is 6.08 Å². The first-order valence-electron chi connectivity index (χ1n) is 4.82. The van der Waals surface area contributed by atoms with E-state index in [0.717, 1.165) is 25.7 Å². The highest BCUT2D eigenvalue weighted by atomic mass is 19.1. The molecule has 72 valence electrons. The van der Waals surface area contributed by atoms with E-state index < -0.39 is 5.54 Å². The zero-order valence-corrected chi connectivity index (χ0v) is 7.65. The predicted octanol–water partition coefficient (Wildman–Crippen LogP) is 1.60. The third-order valence-electron chi connectivity index (χ3n) is 2.89. The van der Waals surface area contributed by atoms with Crippen LogP contribution in [0.4, 0.5) is 4.39 Å². The zero-order valence-electron chi connectivity index (χ0n) is 7.65. The van der Waals surface area contributed by atoms with Crippen molar-refractivity contribution in [2.75, 3.05) is 6.54 Å². The molecule has 0 aromatic rings. The molecule has 2 rings (SSSR count). The van der Waals surface area contributed by atoms with Crippen molar-refractivity contribution >= 4 is 0 Å². The maximum Gasteiger partial charge on any atom is 0.143 e. The molecule has 1 saturated carbocycles. The summed E-state index contributed by atoms with van der Waals surface area (Å²) in [6.45, 7) is 0.696. The van der Waals surface area contributed by atoms with E-state index in [2.05, 4.69) is 5.32 Å². The Bertz CT molecular complexity index is 262. The summed E-state index contributed by atoms with van der Waals surface area (Å²) in [5.41, 5.74) is 6.33. The van der Waals surface area contributed by atoms with Gasteiger partial charge in [0.1, 0.15) is 5.83 Å². The summed E-state index contributed by atoms with van der Waals surface area (Å²) in [5, 5.41) is 3.04. The first kappa shape index (κ1) is 8.75. The van der Waals surface area contributed by atoms with Crippen LogP contribution >= 0.6 is 0 Å². The average molecular weight is 182 g/mol. The third-order valence-corrected chi connectivity index (χ3v) is 2.89. The van der Waals surface area contributed by atoms with Crippen LogP contribution in [-0.2, 0) is 0 Å². The molecule has 0 atom stereocenters. The van der Waals surface area contributed by atoms with Gasteiger partial charge in [0, 0.05) is 6.54 Å². The minimum Gasteiger partial charge on any atom is -0.381 e. The number of allylic oxidation sites excluding steroid dienone is 2. The van der Waals surface area contributed by atoms with Gasteiger partial charge < -0.3 is 11.1 Å². The predicted molar refractivity (Wildman–Crippen MR) is 50.7 cm³/mol. The quantitative estimate of drug-likeness (QED) is 0.646. The molecule has 0 aromatic carbocycles. The van der Waals surface area contributed by atoms with Gasteiger partial charge in [0.2, 0.25) is 0 Å². The average Bonchev–Trinajstić information content (AvgIpc) is 2.54. The van der Waals surface area contributed by atoms with Crippen molar-refractivity contribution in [2.24, 2.45) is 5.73 Å². The lowest BCUT2D eigenvalue weighted by molar-refractivity contribution is 0.454. The van der Waals surface area contributed by atoms with Crippen molar-refractivity contribution in [3.63, 3.8) is 0 Å². The van der Waals surface area contributed by atoms with Crippen LogP contribution in [0.3, 0.4) is 0 Å². The van der Waals surface area contributed by atoms with Gasteiger partial charge in [0.15, 0.2) is 0 Å². The topological polar surface area (TPSA) is 38.0 Å². The van der Waals surface area contributed by atoms with E-state index in [9.17, 15) is 4.39 Å². The second-order valence-corrected chi connectivity index (χ2v) is 3.87. The highest BCUT2D eigenvalue weighted by Crippen LogP contribution is 2.34. The lowest BCUT2D eigenvalue weighted by Gasteiger charge is -2.29. The first-order chi connectivity index (χ1) is 6.22. The molecule has 0 saturated heterocycles. The van der Waals surface area contributed by atoms with Gasteiger partial charge in [0.05, 0.1) is 11.2 Å². The van der Waals surface area contributed by atoms with Crippen molar-refractivity contribution in [1.82, 2.24) is 5.32 Å². The standard InChI is InChI=1S/C10H15FN2/c11-8-4-3-7-13-9(8)10(12)5-1-2-6-10/h3-4,13H,1-2,5-7,12H2. The largest absolute Gasteiger partial charge is 0.381 e. The van der Waals surface area contributed by atoms with Gasteiger partial charge in [0.25, 0.3) is 0 Å². The molecule has 2 aliphatic rings. The molecule has 1 aliphatic carbocycles. The number of hydrogen-bond acceptors (Lipinski definition) is 2. The van der Waals surface area contributed by atoms with Gasteiger partial charge in [-0.1, -0.05) is 18.9 Å². The molecule has 0 radical (unpaired) electrons. The molecule has 3 heteroatoms. The number of rotatable bonds is 1. The number of halogens is 1. The Morgan fingerprint density at radius 2 is 2.08 bits per heavy atom. The van der Waals surface area contributed by atoms with E-state index in [1.807, 2.05) is 0 Å². The molecule has 0 spiro atoms. The molecule has 0 aromatic heterocycles. The number of hydrogen-bond donors (Lipinski definition) is 2. The molecule has 0 bridgehead atoms. The van der Waals surface area contributed by atoms with Crippen molar-refractivity contribution in [3.8, 4) is 0 Å². The van der Waals surface area contributed by atoms with E-state index in [-0.39, 0.29) is 5.83 Å². The minimum absolute atomic E-state index is 0.185. The van der Waals surface area contributed by atoms with E-state index in [1.54, 1.807) is 6.08 Å². The second-order valence-electron chi connectivity index (χ2n) is 3.87. The highest BCUT2D eigenvalue weighted by molar-refractivity contribution is 5.31. The van der Waals surface area contributed by atoms with Crippen molar-refractivity contribution < 1.29 is 4.39 Å². The normalized spacial score (nSPS) is 26.3. The summed E-state index contributed by atoms with van der Waals surface area (Å²) >= 11 is 0. The van der Waals surface area contributed by atoms with Crippen LogP contribution in [0.15, 0.2) is 23.7 Å². The van der Waals surface area contributed by atoms with E-state index in [0.29, 0.717) is 12.2 Å². The lowest BCUT2D eigenvalue weighted by Crippen LogP contribution is -2.45. The fraction of sp³-hybridized carbons (Fsp3) is 0.600. The molecular weight excluding hydrogens is 167 g/mol. The summed E-state index contributed by atoms with van der Waals surface area (Å²) in [6, 6.07) is 0. The van der Waals surface area contributed by atoms with Crippen molar-refractivity contribution in [1.29, 1.82) is 0 Å². The smallest absolute Gasteiger partial charge is 0.143 e. The Balaban J connectivity index is 2.27. The molecule has 13 heavy (non-hydrogen) atoms. The summed E-state index contributed by atoms with van der Waals surface area (Å²) in [7, 11) is 0. The van der Waals surface area contributed by atoms with Gasteiger partial charge in [-0.15, -0.1) is 0 Å². The molecule has 1 heterocycles. The summed E-state index contributed by atoms with van der Waals surface area (Å²) in [6.07, 6.45) is 7.31. The Hall–Kier alpha value is -0.830. The van der Waals surface area contributed by atoms with Crippen molar-refractivity contribution in [3.05, 3.63) is 23.7 Å². The number of nitrogens with one attached hydrogen (secondary N) is 1. The Morgan fingerprint density at radius 3 is 2.69 bits per heavy atom. The maximum absolute atomic E-state index is 13.4. The third kappa shape index (κ3) is 1.48. The van der Waals surface area contributed by atoms with Gasteiger partial charge in [-0.25, -0.2) is 4.39 Å². The second kappa shape index (κ2) is 3.14. The Kier molecular flexibility index (Phi) is 2.12. The monoisotopic (exact) mass is 182 g/mol. The molecule has 1 fully saturated rings. The molecule has 3 N–H and O–H groups in total. The van der Waals surface area contributed by atoms with E-state index in [4.69, 9.17) is 5.73 Å². The summed E-state index contributed by atoms with van der Waals surface area (Å²) < 4.78 is 13.4. The Morgan fingerprint density at radius 1 is 1.38 bits per heavy atom. The Labute approximate surface area is 77.7 Å². The number of dihydropyridines is 1. The van der Waals surface area contributed by atoms with Crippen LogP contribution < -0.4 is 11.1 Å². The maximum atomic E-state index is 13.4. The van der Waals surface area contributed by atoms with Gasteiger partial charge in [-0.05, 0) is 18.9 Å². The van der Waals surface area contributed by atoms with Crippen LogP contribution in [0.5, 0.6) is 0 Å². The van der Waals surface area contributed by atoms with Crippen LogP contribution in [-0.4, -0.2) is 12.1 Å². The molecule has 0 unspecified atom stereocenters. The molecule has 2 nitrogen and oxygen atoms in total. The van der Waals surface area contributed by atoms with Crippen LogP contribution in [0, 0.1) is 0 Å². The minimum atomic E-state index is -0.422. The van der Waals surface area contributed by atoms with Crippen LogP contribution in [0.2, 0.25) is 0 Å². The van der Waals surface area contributed by atoms with Gasteiger partial charge in [-0.3, -0.25) is 0 Å². The zero-order chi connectivity index (χ0) is 9.31. The molecule has 0 amide bonds. The van der Waals surface area contributed by atoms with Crippen LogP contribution in [0.25, 0.3) is 0 Å². The summed E-state index contributed by atoms with van der Waals surface area (Å²) in [4.78, 5) is 0. The SMILES string of the molecule is NC1(C2=C(F)C=CCN2)CCCC1. The molecule has 1 aliphatic heterocycles. The van der Waals surface area contributed by atoms with Gasteiger partial charge >= 0.3 is 0 Å². The number of nitrogens with two attached hydrogens (primary N) is 1. The van der Waals surface area contributed by atoms with Crippen molar-refractivity contribution in [2.45, 2.75) is 31.2 Å². The van der Waals surface area contributed by atoms with E-state index >= 15 is 0 Å².